The van der Waals surface area contributed by atoms with Gasteiger partial charge >= 0.3 is 0 Å². The van der Waals surface area contributed by atoms with Crippen LogP contribution in [-0.4, -0.2) is 42.9 Å². The molecule has 5 heteroatoms. The molecule has 0 aromatic heterocycles. The van der Waals surface area contributed by atoms with E-state index in [-0.39, 0.29) is 24.5 Å². The van der Waals surface area contributed by atoms with E-state index in [0.717, 1.165) is 49.4 Å². The molecule has 1 saturated heterocycles. The van der Waals surface area contributed by atoms with Gasteiger partial charge in [-0.25, -0.2) is 4.39 Å². The molecule has 2 atom stereocenters. The van der Waals surface area contributed by atoms with Crippen LogP contribution in [-0.2, 0) is 0 Å². The van der Waals surface area contributed by atoms with E-state index in [0.29, 0.717) is 0 Å². The van der Waals surface area contributed by atoms with Gasteiger partial charge in [0.25, 0.3) is 0 Å². The number of hydrogen-bond donors (Lipinski definition) is 2. The van der Waals surface area contributed by atoms with E-state index in [2.05, 4.69) is 23.4 Å². The minimum absolute atomic E-state index is 0.0728. The number of rotatable bonds is 8. The van der Waals surface area contributed by atoms with Crippen LogP contribution in [0.3, 0.4) is 0 Å². The summed E-state index contributed by atoms with van der Waals surface area (Å²) in [6.45, 7) is 4.14. The van der Waals surface area contributed by atoms with E-state index in [9.17, 15) is 4.39 Å². The van der Waals surface area contributed by atoms with Crippen molar-refractivity contribution in [3.8, 4) is 0 Å². The third kappa shape index (κ3) is 5.37. The summed E-state index contributed by atoms with van der Waals surface area (Å²) in [5, 5.41) is 12.7. The molecule has 0 spiro atoms. The number of benzene rings is 1. The topological polar surface area (TPSA) is 35.5 Å². The van der Waals surface area contributed by atoms with Gasteiger partial charge in [-0.2, -0.15) is 11.8 Å². The van der Waals surface area contributed by atoms with Gasteiger partial charge in [-0.3, -0.25) is 0 Å². The van der Waals surface area contributed by atoms with Crippen LogP contribution in [0.5, 0.6) is 0 Å². The number of aliphatic hydroxyl groups excluding tert-OH is 1. The molecule has 130 valence electrons. The SMILES string of the molecule is CSCC(CCO)NC(C)c1ccc(N2CCCCC2)c(F)c1. The predicted molar refractivity (Wildman–Crippen MR) is 97.9 cm³/mol. The standard InChI is InChI=1S/C18H29FN2OS/c1-14(20-16(8-11-22)13-23-2)15-6-7-18(17(19)12-15)21-9-4-3-5-10-21/h6-7,12,14,16,20,22H,3-5,8-11,13H2,1-2H3. The Bertz CT molecular complexity index is 474. The van der Waals surface area contributed by atoms with Crippen LogP contribution >= 0.6 is 11.8 Å². The van der Waals surface area contributed by atoms with Crippen LogP contribution in [0.4, 0.5) is 10.1 Å². The average Bonchev–Trinajstić information content (AvgIpc) is 2.56. The highest BCUT2D eigenvalue weighted by molar-refractivity contribution is 7.98. The van der Waals surface area contributed by atoms with Crippen molar-refractivity contribution in [1.82, 2.24) is 5.32 Å². The highest BCUT2D eigenvalue weighted by atomic mass is 32.2. The molecule has 0 amide bonds. The summed E-state index contributed by atoms with van der Waals surface area (Å²) in [6, 6.07) is 5.93. The van der Waals surface area contributed by atoms with Crippen LogP contribution in [0.25, 0.3) is 0 Å². The van der Waals surface area contributed by atoms with Gasteiger partial charge < -0.3 is 15.3 Å². The maximum absolute atomic E-state index is 14.5. The summed E-state index contributed by atoms with van der Waals surface area (Å²) in [5.74, 6) is 0.820. The number of hydrogen-bond acceptors (Lipinski definition) is 4. The zero-order valence-electron chi connectivity index (χ0n) is 14.2. The van der Waals surface area contributed by atoms with Gasteiger partial charge in [0.2, 0.25) is 0 Å². The maximum atomic E-state index is 14.5. The van der Waals surface area contributed by atoms with Gasteiger partial charge in [-0.1, -0.05) is 6.07 Å². The van der Waals surface area contributed by atoms with Gasteiger partial charge in [-0.05, 0) is 56.6 Å². The van der Waals surface area contributed by atoms with E-state index < -0.39 is 0 Å². The lowest BCUT2D eigenvalue weighted by molar-refractivity contribution is 0.265. The third-order valence-electron chi connectivity index (χ3n) is 4.50. The van der Waals surface area contributed by atoms with E-state index in [4.69, 9.17) is 5.11 Å². The van der Waals surface area contributed by atoms with Crippen molar-refractivity contribution in [2.45, 2.75) is 44.7 Å². The van der Waals surface area contributed by atoms with Crippen molar-refractivity contribution in [3.63, 3.8) is 0 Å². The molecule has 0 saturated carbocycles. The van der Waals surface area contributed by atoms with Crippen LogP contribution in [0.2, 0.25) is 0 Å². The summed E-state index contributed by atoms with van der Waals surface area (Å²) in [4.78, 5) is 2.16. The van der Waals surface area contributed by atoms with E-state index in [1.165, 1.54) is 6.42 Å². The van der Waals surface area contributed by atoms with Crippen molar-refractivity contribution in [1.29, 1.82) is 0 Å². The Balaban J connectivity index is 2.03. The first-order valence-electron chi connectivity index (χ1n) is 8.56. The lowest BCUT2D eigenvalue weighted by Gasteiger charge is -2.29. The molecule has 1 aromatic rings. The number of halogens is 1. The molecular formula is C18H29FN2OS. The summed E-state index contributed by atoms with van der Waals surface area (Å²) >= 11 is 1.76. The molecule has 2 N–H and O–H groups in total. The normalized spacial score (nSPS) is 18.0. The van der Waals surface area contributed by atoms with E-state index in [1.807, 2.05) is 12.1 Å². The fourth-order valence-electron chi connectivity index (χ4n) is 3.21. The number of aliphatic hydroxyl groups is 1. The molecule has 23 heavy (non-hydrogen) atoms. The Kier molecular flexibility index (Phi) is 7.66. The van der Waals surface area contributed by atoms with Gasteiger partial charge in [0.1, 0.15) is 5.82 Å². The van der Waals surface area contributed by atoms with Crippen molar-refractivity contribution in [3.05, 3.63) is 29.6 Å². The number of nitrogens with zero attached hydrogens (tertiary/aromatic N) is 1. The van der Waals surface area contributed by atoms with Crippen molar-refractivity contribution in [2.75, 3.05) is 36.6 Å². The first kappa shape index (κ1) is 18.6. The molecule has 1 fully saturated rings. The highest BCUT2D eigenvalue weighted by Crippen LogP contribution is 2.26. The van der Waals surface area contributed by atoms with Crippen molar-refractivity contribution in [2.24, 2.45) is 0 Å². The lowest BCUT2D eigenvalue weighted by atomic mass is 10.0. The Morgan fingerprint density at radius 2 is 2.04 bits per heavy atom. The second kappa shape index (κ2) is 9.50. The predicted octanol–water partition coefficient (Wildman–Crippen LogP) is 3.58. The number of anilines is 1. The number of nitrogens with one attached hydrogen (secondary N) is 1. The van der Waals surface area contributed by atoms with Crippen molar-refractivity contribution >= 4 is 17.4 Å². The van der Waals surface area contributed by atoms with E-state index >= 15 is 0 Å². The second-order valence-corrected chi connectivity index (χ2v) is 7.22. The van der Waals surface area contributed by atoms with Gasteiger partial charge in [0, 0.05) is 37.5 Å². The quantitative estimate of drug-likeness (QED) is 0.758. The average molecular weight is 341 g/mol. The monoisotopic (exact) mass is 340 g/mol. The Labute approximate surface area is 143 Å². The van der Waals surface area contributed by atoms with Crippen LogP contribution in [0.15, 0.2) is 18.2 Å². The Hall–Kier alpha value is -0.780. The number of piperidine rings is 1. The zero-order chi connectivity index (χ0) is 16.7. The Morgan fingerprint density at radius 1 is 1.30 bits per heavy atom. The zero-order valence-corrected chi connectivity index (χ0v) is 15.0. The molecule has 0 aliphatic carbocycles. The fraction of sp³-hybridized carbons (Fsp3) is 0.667. The molecule has 1 heterocycles. The minimum Gasteiger partial charge on any atom is -0.396 e. The second-order valence-electron chi connectivity index (χ2n) is 6.31. The summed E-state index contributed by atoms with van der Waals surface area (Å²) in [6.07, 6.45) is 6.33. The minimum atomic E-state index is -0.123. The molecular weight excluding hydrogens is 311 g/mol. The molecule has 2 rings (SSSR count). The smallest absolute Gasteiger partial charge is 0.146 e. The van der Waals surface area contributed by atoms with Crippen molar-refractivity contribution < 1.29 is 9.50 Å². The van der Waals surface area contributed by atoms with Gasteiger partial charge in [0.15, 0.2) is 0 Å². The largest absolute Gasteiger partial charge is 0.396 e. The number of thioether (sulfide) groups is 1. The Morgan fingerprint density at radius 3 is 2.65 bits per heavy atom. The maximum Gasteiger partial charge on any atom is 0.146 e. The van der Waals surface area contributed by atoms with E-state index in [1.54, 1.807) is 17.8 Å². The summed E-state index contributed by atoms with van der Waals surface area (Å²) < 4.78 is 14.5. The molecule has 0 bridgehead atoms. The first-order valence-corrected chi connectivity index (χ1v) is 9.95. The fourth-order valence-corrected chi connectivity index (χ4v) is 3.87. The lowest BCUT2D eigenvalue weighted by Crippen LogP contribution is -2.34. The van der Waals surface area contributed by atoms with Crippen LogP contribution in [0.1, 0.15) is 44.2 Å². The molecule has 1 aliphatic heterocycles. The molecule has 3 nitrogen and oxygen atoms in total. The highest BCUT2D eigenvalue weighted by Gasteiger charge is 2.17. The van der Waals surface area contributed by atoms with Crippen LogP contribution in [0, 0.1) is 5.82 Å². The third-order valence-corrected chi connectivity index (χ3v) is 5.24. The molecule has 1 aromatic carbocycles. The summed E-state index contributed by atoms with van der Waals surface area (Å²) in [7, 11) is 0. The molecule has 0 radical (unpaired) electrons. The van der Waals surface area contributed by atoms with Gasteiger partial charge in [-0.15, -0.1) is 0 Å². The first-order chi connectivity index (χ1) is 11.2. The molecule has 1 aliphatic rings. The van der Waals surface area contributed by atoms with Crippen LogP contribution < -0.4 is 10.2 Å². The van der Waals surface area contributed by atoms with Gasteiger partial charge in [0.05, 0.1) is 5.69 Å². The summed E-state index contributed by atoms with van der Waals surface area (Å²) in [5.41, 5.74) is 1.70. The molecule has 2 unspecified atom stereocenters.